The maximum absolute atomic E-state index is 6.05. The van der Waals surface area contributed by atoms with Gasteiger partial charge in [-0.05, 0) is 69.1 Å². The van der Waals surface area contributed by atoms with Crippen molar-refractivity contribution in [1.82, 2.24) is 9.97 Å². The summed E-state index contributed by atoms with van der Waals surface area (Å²) in [7, 11) is 1.88. The first-order valence-corrected chi connectivity index (χ1v) is 8.87. The molecule has 0 atom stereocenters. The minimum Gasteiger partial charge on any atom is -0.372 e. The van der Waals surface area contributed by atoms with Gasteiger partial charge in [-0.25, -0.2) is 9.97 Å². The summed E-state index contributed by atoms with van der Waals surface area (Å²) in [6.07, 6.45) is 0.928. The summed E-state index contributed by atoms with van der Waals surface area (Å²) in [6, 6.07) is 5.74. The number of anilines is 1. The summed E-state index contributed by atoms with van der Waals surface area (Å²) < 4.78 is 1.93. The molecule has 0 bridgehead atoms. The Balaban J connectivity index is 2.54. The topological polar surface area (TPSA) is 37.8 Å². The first-order chi connectivity index (χ1) is 9.92. The van der Waals surface area contributed by atoms with E-state index >= 15 is 0 Å². The molecule has 0 aliphatic carbocycles. The smallest absolute Gasteiger partial charge is 0.161 e. The van der Waals surface area contributed by atoms with Crippen LogP contribution in [0.5, 0.6) is 0 Å². The molecule has 6 heteroatoms. The number of hydrogen-bond donors (Lipinski definition) is 1. The molecule has 0 fully saturated rings. The monoisotopic (exact) mass is 479 g/mol. The summed E-state index contributed by atoms with van der Waals surface area (Å²) in [5.41, 5.74) is 2.02. The van der Waals surface area contributed by atoms with Crippen molar-refractivity contribution in [2.45, 2.75) is 20.3 Å². The Labute approximate surface area is 152 Å². The molecule has 0 aliphatic heterocycles. The van der Waals surface area contributed by atoms with Gasteiger partial charge in [0, 0.05) is 17.1 Å². The average Bonchev–Trinajstić information content (AvgIpc) is 2.43. The lowest BCUT2D eigenvalue weighted by Gasteiger charge is -2.13. The predicted molar refractivity (Wildman–Crippen MR) is 101 cm³/mol. The molecular weight excluding hydrogens is 464 g/mol. The van der Waals surface area contributed by atoms with Gasteiger partial charge in [-0.1, -0.05) is 25.4 Å². The van der Waals surface area contributed by atoms with E-state index in [0.717, 1.165) is 31.5 Å². The van der Waals surface area contributed by atoms with E-state index in [-0.39, 0.29) is 0 Å². The number of halogens is 3. The Morgan fingerprint density at radius 1 is 1.33 bits per heavy atom. The van der Waals surface area contributed by atoms with Crippen molar-refractivity contribution in [3.8, 4) is 11.4 Å². The Morgan fingerprint density at radius 2 is 2.05 bits per heavy atom. The van der Waals surface area contributed by atoms with Gasteiger partial charge >= 0.3 is 0 Å². The number of rotatable bonds is 4. The molecule has 0 spiro atoms. The van der Waals surface area contributed by atoms with Crippen LogP contribution < -0.4 is 5.32 Å². The van der Waals surface area contributed by atoms with Crippen LogP contribution in [0.3, 0.4) is 0 Å². The lowest BCUT2D eigenvalue weighted by Crippen LogP contribution is -2.07. The van der Waals surface area contributed by atoms with Gasteiger partial charge in [0.1, 0.15) is 5.82 Å². The second-order valence-electron chi connectivity index (χ2n) is 5.13. The van der Waals surface area contributed by atoms with E-state index in [4.69, 9.17) is 16.6 Å². The maximum Gasteiger partial charge on any atom is 0.161 e. The Kier molecular flexibility index (Phi) is 5.85. The summed E-state index contributed by atoms with van der Waals surface area (Å²) in [5, 5.41) is 3.83. The van der Waals surface area contributed by atoms with Crippen LogP contribution in [0.1, 0.15) is 19.5 Å². The molecule has 21 heavy (non-hydrogen) atoms. The van der Waals surface area contributed by atoms with E-state index in [2.05, 4.69) is 62.7 Å². The van der Waals surface area contributed by atoms with Crippen LogP contribution in [0.15, 0.2) is 22.7 Å². The van der Waals surface area contributed by atoms with Crippen LogP contribution in [-0.2, 0) is 6.42 Å². The summed E-state index contributed by atoms with van der Waals surface area (Å²) in [6.45, 7) is 4.38. The third-order valence-corrected chi connectivity index (χ3v) is 5.28. The second-order valence-corrected chi connectivity index (χ2v) is 7.47. The number of nitrogens with zero attached hydrogens (tertiary/aromatic N) is 2. The number of benzene rings is 1. The molecule has 0 saturated heterocycles. The quantitative estimate of drug-likeness (QED) is 0.595. The molecule has 2 aromatic rings. The Bertz CT molecular complexity index is 662. The molecule has 3 nitrogen and oxygen atoms in total. The van der Waals surface area contributed by atoms with E-state index in [9.17, 15) is 0 Å². The van der Waals surface area contributed by atoms with Crippen molar-refractivity contribution in [1.29, 1.82) is 0 Å². The highest BCUT2D eigenvalue weighted by atomic mass is 127. The molecule has 112 valence electrons. The van der Waals surface area contributed by atoms with E-state index in [1.54, 1.807) is 0 Å². The van der Waals surface area contributed by atoms with Gasteiger partial charge in [0.25, 0.3) is 0 Å². The van der Waals surface area contributed by atoms with Crippen molar-refractivity contribution in [3.63, 3.8) is 0 Å². The van der Waals surface area contributed by atoms with Crippen LogP contribution in [0.2, 0.25) is 5.02 Å². The van der Waals surface area contributed by atoms with Gasteiger partial charge in [0.05, 0.1) is 14.3 Å². The zero-order chi connectivity index (χ0) is 15.6. The maximum atomic E-state index is 6.05. The predicted octanol–water partition coefficient (Wildman–Crippen LogP) is 5.40. The molecule has 0 saturated carbocycles. The third-order valence-electron chi connectivity index (χ3n) is 2.94. The molecule has 1 N–H and O–H groups in total. The van der Waals surface area contributed by atoms with Crippen LogP contribution in [-0.4, -0.2) is 17.0 Å². The SMILES string of the molecule is CNc1nc(-c2ccc(Cl)c(Br)c2)nc(CC(C)C)c1I. The van der Waals surface area contributed by atoms with Crippen molar-refractivity contribution in [2.24, 2.45) is 5.92 Å². The number of hydrogen-bond acceptors (Lipinski definition) is 3. The van der Waals surface area contributed by atoms with Crippen LogP contribution in [0.4, 0.5) is 5.82 Å². The van der Waals surface area contributed by atoms with Crippen LogP contribution in [0, 0.1) is 9.49 Å². The van der Waals surface area contributed by atoms with Gasteiger partial charge < -0.3 is 5.32 Å². The molecule has 0 radical (unpaired) electrons. The van der Waals surface area contributed by atoms with Gasteiger partial charge in [0.2, 0.25) is 0 Å². The van der Waals surface area contributed by atoms with E-state index in [0.29, 0.717) is 16.8 Å². The fourth-order valence-corrected chi connectivity index (χ4v) is 3.17. The third kappa shape index (κ3) is 4.07. The van der Waals surface area contributed by atoms with Gasteiger partial charge in [-0.2, -0.15) is 0 Å². The zero-order valence-corrected chi connectivity index (χ0v) is 16.5. The molecule has 0 aliphatic rings. The van der Waals surface area contributed by atoms with E-state index < -0.39 is 0 Å². The van der Waals surface area contributed by atoms with Crippen molar-refractivity contribution < 1.29 is 0 Å². The van der Waals surface area contributed by atoms with Crippen LogP contribution >= 0.6 is 50.1 Å². The molecule has 1 aromatic carbocycles. The Morgan fingerprint density at radius 3 is 2.62 bits per heavy atom. The minimum absolute atomic E-state index is 0.544. The zero-order valence-electron chi connectivity index (χ0n) is 12.0. The molecule has 2 rings (SSSR count). The van der Waals surface area contributed by atoms with Crippen LogP contribution in [0.25, 0.3) is 11.4 Å². The highest BCUT2D eigenvalue weighted by Gasteiger charge is 2.14. The summed E-state index contributed by atoms with van der Waals surface area (Å²) in [4.78, 5) is 9.35. The Hall–Kier alpha value is -0.400. The highest BCUT2D eigenvalue weighted by Crippen LogP contribution is 2.30. The molecule has 0 unspecified atom stereocenters. The van der Waals surface area contributed by atoms with Crippen molar-refractivity contribution in [3.05, 3.63) is 37.0 Å². The lowest BCUT2D eigenvalue weighted by molar-refractivity contribution is 0.632. The van der Waals surface area contributed by atoms with E-state index in [1.165, 1.54) is 0 Å². The summed E-state index contributed by atoms with van der Waals surface area (Å²) >= 11 is 11.8. The van der Waals surface area contributed by atoms with Gasteiger partial charge in [-0.15, -0.1) is 0 Å². The minimum atomic E-state index is 0.544. The largest absolute Gasteiger partial charge is 0.372 e. The normalized spacial score (nSPS) is 11.0. The summed E-state index contributed by atoms with van der Waals surface area (Å²) in [5.74, 6) is 2.12. The van der Waals surface area contributed by atoms with Crippen molar-refractivity contribution in [2.75, 3.05) is 12.4 Å². The molecule has 0 amide bonds. The highest BCUT2D eigenvalue weighted by molar-refractivity contribution is 14.1. The van der Waals surface area contributed by atoms with Gasteiger partial charge in [-0.3, -0.25) is 0 Å². The second kappa shape index (κ2) is 7.24. The lowest BCUT2D eigenvalue weighted by atomic mass is 10.1. The molecule has 1 aromatic heterocycles. The standard InChI is InChI=1S/C15H16BrClIN3/c1-8(2)6-12-13(18)15(19-3)21-14(20-12)9-4-5-11(17)10(16)7-9/h4-5,7-8H,6H2,1-3H3,(H,19,20,21). The molecule has 1 heterocycles. The fourth-order valence-electron chi connectivity index (χ4n) is 1.95. The average molecular weight is 481 g/mol. The molecular formula is C15H16BrClIN3. The first-order valence-electron chi connectivity index (χ1n) is 6.62. The fraction of sp³-hybridized carbons (Fsp3) is 0.333. The van der Waals surface area contributed by atoms with E-state index in [1.807, 2.05) is 25.2 Å². The van der Waals surface area contributed by atoms with Crippen molar-refractivity contribution >= 4 is 55.9 Å². The number of nitrogens with one attached hydrogen (secondary N) is 1. The first kappa shape index (κ1) is 17.0. The van der Waals surface area contributed by atoms with Gasteiger partial charge in [0.15, 0.2) is 5.82 Å². The number of aromatic nitrogens is 2.